The molecule has 0 radical (unpaired) electrons. The van der Waals surface area contributed by atoms with Crippen LogP contribution in [0.2, 0.25) is 0 Å². The van der Waals surface area contributed by atoms with Crippen molar-refractivity contribution in [1.82, 2.24) is 4.31 Å². The summed E-state index contributed by atoms with van der Waals surface area (Å²) < 4.78 is 38.9. The first kappa shape index (κ1) is 27.1. The minimum absolute atomic E-state index is 0.0822. The van der Waals surface area contributed by atoms with Crippen molar-refractivity contribution in [3.63, 3.8) is 0 Å². The van der Waals surface area contributed by atoms with Gasteiger partial charge in [0, 0.05) is 30.4 Å². The van der Waals surface area contributed by atoms with Crippen molar-refractivity contribution >= 4 is 27.6 Å². The summed E-state index contributed by atoms with van der Waals surface area (Å²) in [6.07, 6.45) is -0.602. The van der Waals surface area contributed by atoms with Crippen LogP contribution in [0.25, 0.3) is 0 Å². The largest absolute Gasteiger partial charge is 0.497 e. The molecule has 1 N–H and O–H groups in total. The number of esters is 1. The molecule has 1 aliphatic heterocycles. The van der Waals surface area contributed by atoms with Crippen LogP contribution in [0.15, 0.2) is 108 Å². The third kappa shape index (κ3) is 5.90. The van der Waals surface area contributed by atoms with Crippen molar-refractivity contribution < 1.29 is 27.5 Å². The van der Waals surface area contributed by atoms with Crippen molar-refractivity contribution in [2.45, 2.75) is 24.0 Å². The summed E-state index contributed by atoms with van der Waals surface area (Å²) in [5.74, 6) is -0.738. The standard InChI is InChI=1S/C31H28N2O6S/c1-38-27-13-7-12-26(20-27)32-30(34)29(23-9-3-2-4-10-23)39-31(35)24-14-16-28(17-15-24)40(36,37)33-19-18-22-8-5-6-11-25(22)21-33/h2-17,20,29H,18-19,21H2,1H3,(H,32,34)/t29-/m1/s1. The quantitative estimate of drug-likeness (QED) is 0.307. The van der Waals surface area contributed by atoms with Crippen molar-refractivity contribution in [3.8, 4) is 5.75 Å². The topological polar surface area (TPSA) is 102 Å². The molecule has 0 spiro atoms. The Hall–Kier alpha value is -4.47. The maximum atomic E-state index is 13.3. The predicted molar refractivity (Wildman–Crippen MR) is 150 cm³/mol. The molecule has 1 amide bonds. The van der Waals surface area contributed by atoms with Gasteiger partial charge in [-0.2, -0.15) is 4.31 Å². The van der Waals surface area contributed by atoms with E-state index in [1.165, 1.54) is 35.7 Å². The van der Waals surface area contributed by atoms with E-state index >= 15 is 0 Å². The number of methoxy groups -OCH3 is 1. The molecule has 0 fully saturated rings. The fraction of sp³-hybridized carbons (Fsp3) is 0.161. The molecule has 0 unspecified atom stereocenters. The fourth-order valence-corrected chi connectivity index (χ4v) is 5.99. The molecule has 1 heterocycles. The van der Waals surface area contributed by atoms with E-state index in [0.29, 0.717) is 36.5 Å². The lowest BCUT2D eigenvalue weighted by atomic mass is 10.0. The van der Waals surface area contributed by atoms with E-state index in [9.17, 15) is 18.0 Å². The first-order chi connectivity index (χ1) is 19.3. The van der Waals surface area contributed by atoms with Crippen LogP contribution in [-0.2, 0) is 32.5 Å². The Morgan fingerprint density at radius 3 is 2.27 bits per heavy atom. The number of hydrogen-bond acceptors (Lipinski definition) is 6. The number of ether oxygens (including phenoxy) is 2. The van der Waals surface area contributed by atoms with Gasteiger partial charge in [0.2, 0.25) is 16.1 Å². The lowest BCUT2D eigenvalue weighted by Gasteiger charge is -2.28. The van der Waals surface area contributed by atoms with Gasteiger partial charge >= 0.3 is 5.97 Å². The number of amides is 1. The minimum atomic E-state index is -3.76. The molecule has 1 atom stereocenters. The first-order valence-electron chi connectivity index (χ1n) is 12.7. The van der Waals surface area contributed by atoms with E-state index in [1.54, 1.807) is 54.6 Å². The van der Waals surface area contributed by atoms with Gasteiger partial charge in [0.05, 0.1) is 17.6 Å². The number of sulfonamides is 1. The van der Waals surface area contributed by atoms with Gasteiger partial charge in [-0.05, 0) is 53.9 Å². The molecular formula is C31H28N2O6S. The number of nitrogens with one attached hydrogen (secondary N) is 1. The van der Waals surface area contributed by atoms with Crippen LogP contribution in [0.3, 0.4) is 0 Å². The van der Waals surface area contributed by atoms with Gasteiger partial charge in [0.1, 0.15) is 5.75 Å². The lowest BCUT2D eigenvalue weighted by molar-refractivity contribution is -0.125. The van der Waals surface area contributed by atoms with Gasteiger partial charge in [-0.1, -0.05) is 60.7 Å². The van der Waals surface area contributed by atoms with E-state index in [4.69, 9.17) is 9.47 Å². The summed E-state index contributed by atoms with van der Waals surface area (Å²) in [6.45, 7) is 0.674. The zero-order valence-corrected chi connectivity index (χ0v) is 22.6. The predicted octanol–water partition coefficient (Wildman–Crippen LogP) is 4.98. The van der Waals surface area contributed by atoms with Gasteiger partial charge in [0.25, 0.3) is 5.91 Å². The van der Waals surface area contributed by atoms with E-state index < -0.39 is 28.0 Å². The summed E-state index contributed by atoms with van der Waals surface area (Å²) in [5.41, 5.74) is 3.22. The van der Waals surface area contributed by atoms with Crippen LogP contribution >= 0.6 is 0 Å². The third-order valence-electron chi connectivity index (χ3n) is 6.73. The van der Waals surface area contributed by atoms with E-state index in [2.05, 4.69) is 5.32 Å². The van der Waals surface area contributed by atoms with Crippen LogP contribution < -0.4 is 10.1 Å². The zero-order valence-electron chi connectivity index (χ0n) is 21.8. The molecule has 4 aromatic carbocycles. The highest BCUT2D eigenvalue weighted by molar-refractivity contribution is 7.89. The molecule has 0 aliphatic carbocycles. The first-order valence-corrected chi connectivity index (χ1v) is 14.2. The van der Waals surface area contributed by atoms with Crippen LogP contribution in [-0.4, -0.2) is 38.3 Å². The molecule has 0 aromatic heterocycles. The van der Waals surface area contributed by atoms with Gasteiger partial charge < -0.3 is 14.8 Å². The fourth-order valence-electron chi connectivity index (χ4n) is 4.57. The Labute approximate surface area is 233 Å². The summed E-state index contributed by atoms with van der Waals surface area (Å²) in [5, 5.41) is 2.76. The van der Waals surface area contributed by atoms with E-state index in [-0.39, 0.29) is 10.5 Å². The number of hydrogen-bond donors (Lipinski definition) is 1. The highest BCUT2D eigenvalue weighted by Crippen LogP contribution is 2.27. The number of fused-ring (bicyclic) bond motifs is 1. The van der Waals surface area contributed by atoms with Crippen LogP contribution in [0.4, 0.5) is 5.69 Å². The zero-order chi connectivity index (χ0) is 28.1. The SMILES string of the molecule is COc1cccc(NC(=O)[C@H](OC(=O)c2ccc(S(=O)(=O)N3CCc4ccccc4C3)cc2)c2ccccc2)c1. The molecule has 4 aromatic rings. The van der Waals surface area contributed by atoms with Gasteiger partial charge in [-0.3, -0.25) is 4.79 Å². The normalized spacial score (nSPS) is 14.0. The summed E-state index contributed by atoms with van der Waals surface area (Å²) >= 11 is 0. The van der Waals surface area contributed by atoms with Crippen LogP contribution in [0.1, 0.15) is 33.2 Å². The number of nitrogens with zero attached hydrogens (tertiary/aromatic N) is 1. The van der Waals surface area contributed by atoms with Gasteiger partial charge in [0.15, 0.2) is 0 Å². The Kier molecular flexibility index (Phi) is 7.95. The molecule has 0 saturated carbocycles. The maximum Gasteiger partial charge on any atom is 0.339 e. The number of benzene rings is 4. The smallest absolute Gasteiger partial charge is 0.339 e. The maximum absolute atomic E-state index is 13.3. The highest BCUT2D eigenvalue weighted by Gasteiger charge is 2.29. The van der Waals surface area contributed by atoms with Crippen LogP contribution in [0, 0.1) is 0 Å². The second-order valence-electron chi connectivity index (χ2n) is 9.30. The molecule has 8 nitrogen and oxygen atoms in total. The molecule has 5 rings (SSSR count). The second-order valence-corrected chi connectivity index (χ2v) is 11.2. The Morgan fingerprint density at radius 1 is 0.850 bits per heavy atom. The summed E-state index contributed by atoms with van der Waals surface area (Å²) in [6, 6.07) is 28.9. The van der Waals surface area contributed by atoms with Crippen molar-refractivity contribution in [2.24, 2.45) is 0 Å². The number of carbonyl (C=O) groups is 2. The average Bonchev–Trinajstić information content (AvgIpc) is 3.00. The second kappa shape index (κ2) is 11.7. The van der Waals surface area contributed by atoms with Crippen molar-refractivity contribution in [3.05, 3.63) is 125 Å². The van der Waals surface area contributed by atoms with Gasteiger partial charge in [-0.25, -0.2) is 13.2 Å². The molecule has 9 heteroatoms. The number of rotatable bonds is 8. The molecule has 0 saturated heterocycles. The van der Waals surface area contributed by atoms with Gasteiger partial charge in [-0.15, -0.1) is 0 Å². The molecular weight excluding hydrogens is 528 g/mol. The number of carbonyl (C=O) groups excluding carboxylic acids is 2. The third-order valence-corrected chi connectivity index (χ3v) is 8.59. The van der Waals surface area contributed by atoms with Crippen molar-refractivity contribution in [1.29, 1.82) is 0 Å². The average molecular weight is 557 g/mol. The Morgan fingerprint density at radius 2 is 1.55 bits per heavy atom. The molecule has 1 aliphatic rings. The monoisotopic (exact) mass is 556 g/mol. The Bertz CT molecular complexity index is 1620. The van der Waals surface area contributed by atoms with E-state index in [1.807, 2.05) is 24.3 Å². The highest BCUT2D eigenvalue weighted by atomic mass is 32.2. The molecule has 204 valence electrons. The lowest BCUT2D eigenvalue weighted by Crippen LogP contribution is -2.35. The van der Waals surface area contributed by atoms with Crippen LogP contribution in [0.5, 0.6) is 5.75 Å². The minimum Gasteiger partial charge on any atom is -0.497 e. The summed E-state index contributed by atoms with van der Waals surface area (Å²) in [4.78, 5) is 26.4. The molecule has 0 bridgehead atoms. The number of anilines is 1. The molecule has 40 heavy (non-hydrogen) atoms. The summed E-state index contributed by atoms with van der Waals surface area (Å²) in [7, 11) is -2.23. The van der Waals surface area contributed by atoms with Crippen molar-refractivity contribution in [2.75, 3.05) is 19.0 Å². The van der Waals surface area contributed by atoms with E-state index in [0.717, 1.165) is 11.1 Å². The Balaban J connectivity index is 1.32.